The number of aryl methyl sites for hydroxylation is 1. The summed E-state index contributed by atoms with van der Waals surface area (Å²) in [6, 6.07) is 3.33. The minimum absolute atomic E-state index is 0.216. The number of hydrogen-bond donors (Lipinski definition) is 1. The largest absolute Gasteiger partial charge is 0.385 e. The van der Waals surface area contributed by atoms with Gasteiger partial charge in [-0.2, -0.15) is 0 Å². The molecule has 17 heavy (non-hydrogen) atoms. The number of ether oxygens (including phenoxy) is 1. The number of halogens is 2. The van der Waals surface area contributed by atoms with Crippen LogP contribution in [0.25, 0.3) is 0 Å². The van der Waals surface area contributed by atoms with Gasteiger partial charge in [-0.05, 0) is 59.8 Å². The first-order valence-corrected chi connectivity index (χ1v) is 6.77. The van der Waals surface area contributed by atoms with E-state index in [9.17, 15) is 4.39 Å². The Bertz CT molecular complexity index is 391. The summed E-state index contributed by atoms with van der Waals surface area (Å²) in [6.45, 7) is 3.67. The first-order valence-electron chi connectivity index (χ1n) is 5.98. The normalized spacial score (nSPS) is 19.6. The third kappa shape index (κ3) is 3.42. The van der Waals surface area contributed by atoms with Crippen LogP contribution in [0.2, 0.25) is 0 Å². The Morgan fingerprint density at radius 2 is 2.35 bits per heavy atom. The third-order valence-corrected chi connectivity index (χ3v) is 3.68. The van der Waals surface area contributed by atoms with Crippen LogP contribution < -0.4 is 5.32 Å². The van der Waals surface area contributed by atoms with Crippen LogP contribution in [0, 0.1) is 12.7 Å². The molecule has 1 aromatic carbocycles. The lowest BCUT2D eigenvalue weighted by Crippen LogP contribution is -2.13. The van der Waals surface area contributed by atoms with E-state index in [2.05, 4.69) is 21.2 Å². The molecule has 1 heterocycles. The van der Waals surface area contributed by atoms with Gasteiger partial charge in [-0.3, -0.25) is 0 Å². The first-order chi connectivity index (χ1) is 8.16. The van der Waals surface area contributed by atoms with Gasteiger partial charge < -0.3 is 10.1 Å². The first kappa shape index (κ1) is 12.8. The summed E-state index contributed by atoms with van der Waals surface area (Å²) in [5, 5.41) is 3.33. The van der Waals surface area contributed by atoms with E-state index in [-0.39, 0.29) is 5.82 Å². The van der Waals surface area contributed by atoms with Crippen molar-refractivity contribution in [2.45, 2.75) is 32.3 Å². The molecule has 0 amide bonds. The molecular weight excluding hydrogens is 285 g/mol. The fraction of sp³-hybridized carbons (Fsp3) is 0.538. The second-order valence-electron chi connectivity index (χ2n) is 4.43. The number of rotatable bonds is 4. The molecule has 94 valence electrons. The fourth-order valence-corrected chi connectivity index (χ4v) is 2.42. The van der Waals surface area contributed by atoms with Crippen LogP contribution in [0.3, 0.4) is 0 Å². The minimum atomic E-state index is -0.216. The molecule has 0 spiro atoms. The summed E-state index contributed by atoms with van der Waals surface area (Å²) in [6.07, 6.45) is 3.74. The molecule has 1 aliphatic heterocycles. The molecular formula is C13H17BrFNO. The molecule has 0 aliphatic carbocycles. The summed E-state index contributed by atoms with van der Waals surface area (Å²) in [7, 11) is 0. The van der Waals surface area contributed by atoms with E-state index in [1.807, 2.05) is 6.92 Å². The minimum Gasteiger partial charge on any atom is -0.385 e. The predicted octanol–water partition coefficient (Wildman–Crippen LogP) is 3.88. The Labute approximate surface area is 110 Å². The van der Waals surface area contributed by atoms with E-state index in [0.29, 0.717) is 10.6 Å². The van der Waals surface area contributed by atoms with E-state index in [4.69, 9.17) is 4.74 Å². The van der Waals surface area contributed by atoms with Gasteiger partial charge in [0.2, 0.25) is 0 Å². The summed E-state index contributed by atoms with van der Waals surface area (Å²) in [5.74, 6) is -0.216. The van der Waals surface area contributed by atoms with Gasteiger partial charge in [0.15, 0.2) is 0 Å². The zero-order valence-corrected chi connectivity index (χ0v) is 11.5. The van der Waals surface area contributed by atoms with Crippen molar-refractivity contribution in [2.24, 2.45) is 0 Å². The fourth-order valence-electron chi connectivity index (χ4n) is 2.08. The Kier molecular flexibility index (Phi) is 4.40. The summed E-state index contributed by atoms with van der Waals surface area (Å²) in [4.78, 5) is 0. The third-order valence-electron chi connectivity index (χ3n) is 3.07. The lowest BCUT2D eigenvalue weighted by atomic mass is 10.1. The van der Waals surface area contributed by atoms with Crippen LogP contribution in [0.15, 0.2) is 16.6 Å². The van der Waals surface area contributed by atoms with Crippen LogP contribution in [-0.2, 0) is 4.74 Å². The molecule has 0 saturated carbocycles. The maximum absolute atomic E-state index is 13.2. The van der Waals surface area contributed by atoms with Crippen molar-refractivity contribution in [3.8, 4) is 0 Å². The van der Waals surface area contributed by atoms with Gasteiger partial charge in [0.05, 0.1) is 10.6 Å². The number of hydrogen-bond acceptors (Lipinski definition) is 2. The number of benzene rings is 1. The standard InChI is InChI=1S/C13H17BrFNO/c1-9-7-12(15)11(14)8-13(9)16-5-4-10-3-2-6-17-10/h7-8,10,16H,2-6H2,1H3. The zero-order valence-electron chi connectivity index (χ0n) is 9.93. The quantitative estimate of drug-likeness (QED) is 0.911. The van der Waals surface area contributed by atoms with Gasteiger partial charge in [0.1, 0.15) is 5.82 Å². The van der Waals surface area contributed by atoms with Crippen LogP contribution in [0.1, 0.15) is 24.8 Å². The van der Waals surface area contributed by atoms with Gasteiger partial charge in [0.25, 0.3) is 0 Å². The SMILES string of the molecule is Cc1cc(F)c(Br)cc1NCCC1CCCO1. The lowest BCUT2D eigenvalue weighted by Gasteiger charge is -2.13. The number of nitrogens with one attached hydrogen (secondary N) is 1. The maximum Gasteiger partial charge on any atom is 0.137 e. The highest BCUT2D eigenvalue weighted by atomic mass is 79.9. The average Bonchev–Trinajstić information content (AvgIpc) is 2.78. The molecule has 1 saturated heterocycles. The topological polar surface area (TPSA) is 21.3 Å². The Morgan fingerprint density at radius 1 is 1.53 bits per heavy atom. The van der Waals surface area contributed by atoms with Crippen LogP contribution in [-0.4, -0.2) is 19.3 Å². The highest BCUT2D eigenvalue weighted by Crippen LogP contribution is 2.24. The molecule has 1 N–H and O–H groups in total. The summed E-state index contributed by atoms with van der Waals surface area (Å²) < 4.78 is 19.3. The van der Waals surface area contributed by atoms with Crippen molar-refractivity contribution in [2.75, 3.05) is 18.5 Å². The van der Waals surface area contributed by atoms with Crippen molar-refractivity contribution in [1.82, 2.24) is 0 Å². The van der Waals surface area contributed by atoms with Crippen molar-refractivity contribution < 1.29 is 9.13 Å². The molecule has 0 radical (unpaired) electrons. The molecule has 1 aromatic rings. The highest BCUT2D eigenvalue weighted by molar-refractivity contribution is 9.10. The van der Waals surface area contributed by atoms with Crippen molar-refractivity contribution >= 4 is 21.6 Å². The average molecular weight is 302 g/mol. The Morgan fingerprint density at radius 3 is 3.06 bits per heavy atom. The van der Waals surface area contributed by atoms with E-state index in [1.54, 1.807) is 12.1 Å². The molecule has 2 rings (SSSR count). The van der Waals surface area contributed by atoms with E-state index in [1.165, 1.54) is 6.42 Å². The predicted molar refractivity (Wildman–Crippen MR) is 70.9 cm³/mol. The van der Waals surface area contributed by atoms with Crippen LogP contribution in [0.4, 0.5) is 10.1 Å². The van der Waals surface area contributed by atoms with Gasteiger partial charge in [-0.25, -0.2) is 4.39 Å². The van der Waals surface area contributed by atoms with Crippen molar-refractivity contribution in [3.63, 3.8) is 0 Å². The van der Waals surface area contributed by atoms with Gasteiger partial charge >= 0.3 is 0 Å². The van der Waals surface area contributed by atoms with E-state index in [0.717, 1.165) is 37.2 Å². The Balaban J connectivity index is 1.87. The number of anilines is 1. The molecule has 1 atom stereocenters. The molecule has 1 aliphatic rings. The van der Waals surface area contributed by atoms with Crippen molar-refractivity contribution in [1.29, 1.82) is 0 Å². The highest BCUT2D eigenvalue weighted by Gasteiger charge is 2.14. The maximum atomic E-state index is 13.2. The lowest BCUT2D eigenvalue weighted by molar-refractivity contribution is 0.107. The van der Waals surface area contributed by atoms with Gasteiger partial charge in [0, 0.05) is 18.8 Å². The summed E-state index contributed by atoms with van der Waals surface area (Å²) in [5.41, 5.74) is 1.91. The molecule has 4 heteroatoms. The van der Waals surface area contributed by atoms with E-state index < -0.39 is 0 Å². The molecule has 1 unspecified atom stereocenters. The van der Waals surface area contributed by atoms with Crippen LogP contribution in [0.5, 0.6) is 0 Å². The Hall–Kier alpha value is -0.610. The molecule has 0 bridgehead atoms. The molecule has 1 fully saturated rings. The molecule has 2 nitrogen and oxygen atoms in total. The second kappa shape index (κ2) is 5.83. The monoisotopic (exact) mass is 301 g/mol. The van der Waals surface area contributed by atoms with Gasteiger partial charge in [-0.1, -0.05) is 0 Å². The van der Waals surface area contributed by atoms with Gasteiger partial charge in [-0.15, -0.1) is 0 Å². The second-order valence-corrected chi connectivity index (χ2v) is 5.29. The summed E-state index contributed by atoms with van der Waals surface area (Å²) >= 11 is 3.20. The van der Waals surface area contributed by atoms with E-state index >= 15 is 0 Å². The zero-order chi connectivity index (χ0) is 12.3. The van der Waals surface area contributed by atoms with Crippen molar-refractivity contribution in [3.05, 3.63) is 28.0 Å². The molecule has 0 aromatic heterocycles. The van der Waals surface area contributed by atoms with Crippen LogP contribution >= 0.6 is 15.9 Å². The smallest absolute Gasteiger partial charge is 0.137 e.